The monoisotopic (exact) mass is 396 g/mol. The number of aromatic amines is 1. The predicted molar refractivity (Wildman–Crippen MR) is 109 cm³/mol. The van der Waals surface area contributed by atoms with E-state index in [1.54, 1.807) is 23.0 Å². The van der Waals surface area contributed by atoms with Gasteiger partial charge in [-0.1, -0.05) is 11.6 Å². The van der Waals surface area contributed by atoms with Gasteiger partial charge >= 0.3 is 0 Å². The van der Waals surface area contributed by atoms with Gasteiger partial charge in [-0.2, -0.15) is 10.2 Å². The average molecular weight is 397 g/mol. The van der Waals surface area contributed by atoms with Crippen LogP contribution in [0.3, 0.4) is 0 Å². The fraction of sp³-hybridized carbons (Fsp3) is 0.200. The Morgan fingerprint density at radius 3 is 2.86 bits per heavy atom. The van der Waals surface area contributed by atoms with Crippen molar-refractivity contribution in [2.24, 2.45) is 0 Å². The van der Waals surface area contributed by atoms with E-state index in [9.17, 15) is 4.39 Å². The molecule has 0 bridgehead atoms. The Labute approximate surface area is 165 Å². The van der Waals surface area contributed by atoms with E-state index in [2.05, 4.69) is 25.9 Å². The molecule has 1 aliphatic heterocycles. The number of nitrogens with zero attached hydrogens (tertiary/aromatic N) is 3. The molecule has 8 heteroatoms. The highest BCUT2D eigenvalue weighted by Gasteiger charge is 2.18. The number of anilines is 1. The van der Waals surface area contributed by atoms with Crippen LogP contribution in [0.15, 0.2) is 48.8 Å². The van der Waals surface area contributed by atoms with E-state index >= 15 is 0 Å². The maximum atomic E-state index is 13.2. The van der Waals surface area contributed by atoms with E-state index in [1.165, 1.54) is 12.1 Å². The van der Waals surface area contributed by atoms with Gasteiger partial charge in [0.2, 0.25) is 0 Å². The SMILES string of the molecule is Fc1ccc(-n2cc(-c3n[nH]c4cc(Cl)c(N[C@@H]5CCNC5)cc34)cn2)cc1. The minimum absolute atomic E-state index is 0.274. The van der Waals surface area contributed by atoms with E-state index in [0.29, 0.717) is 11.1 Å². The van der Waals surface area contributed by atoms with Crippen molar-refractivity contribution in [3.8, 4) is 16.9 Å². The summed E-state index contributed by atoms with van der Waals surface area (Å²) in [5.41, 5.74) is 4.21. The minimum atomic E-state index is -0.274. The lowest BCUT2D eigenvalue weighted by molar-refractivity contribution is 0.627. The second-order valence-corrected chi connectivity index (χ2v) is 7.34. The summed E-state index contributed by atoms with van der Waals surface area (Å²) < 4.78 is 14.9. The lowest BCUT2D eigenvalue weighted by Crippen LogP contribution is -2.22. The molecular weight excluding hydrogens is 379 g/mol. The summed E-state index contributed by atoms with van der Waals surface area (Å²) in [6, 6.07) is 10.5. The lowest BCUT2D eigenvalue weighted by atomic mass is 10.1. The molecule has 0 spiro atoms. The van der Waals surface area contributed by atoms with Crippen LogP contribution in [0.2, 0.25) is 5.02 Å². The molecule has 6 nitrogen and oxygen atoms in total. The molecule has 0 unspecified atom stereocenters. The van der Waals surface area contributed by atoms with Crippen LogP contribution >= 0.6 is 11.6 Å². The second-order valence-electron chi connectivity index (χ2n) is 6.93. The average Bonchev–Trinajstić information content (AvgIpc) is 3.43. The van der Waals surface area contributed by atoms with Crippen molar-refractivity contribution in [2.45, 2.75) is 12.5 Å². The quantitative estimate of drug-likeness (QED) is 0.488. The van der Waals surface area contributed by atoms with Crippen molar-refractivity contribution in [2.75, 3.05) is 18.4 Å². The van der Waals surface area contributed by atoms with Crippen LogP contribution in [0.5, 0.6) is 0 Å². The Bertz CT molecular complexity index is 1130. The third-order valence-electron chi connectivity index (χ3n) is 5.02. The Hall–Kier alpha value is -2.90. The van der Waals surface area contributed by atoms with Crippen LogP contribution in [0, 0.1) is 5.82 Å². The Morgan fingerprint density at radius 2 is 2.07 bits per heavy atom. The number of fused-ring (bicyclic) bond motifs is 1. The van der Waals surface area contributed by atoms with Gasteiger partial charge in [-0.15, -0.1) is 0 Å². The summed E-state index contributed by atoms with van der Waals surface area (Å²) in [5, 5.41) is 20.4. The number of halogens is 2. The largest absolute Gasteiger partial charge is 0.380 e. The number of H-pyrrole nitrogens is 1. The van der Waals surface area contributed by atoms with Crippen molar-refractivity contribution in [1.82, 2.24) is 25.3 Å². The van der Waals surface area contributed by atoms with Crippen LogP contribution in [0.1, 0.15) is 6.42 Å². The molecule has 28 heavy (non-hydrogen) atoms. The summed E-state index contributed by atoms with van der Waals surface area (Å²) in [6.07, 6.45) is 4.70. The molecule has 0 amide bonds. The number of hydrogen-bond donors (Lipinski definition) is 3. The van der Waals surface area contributed by atoms with E-state index < -0.39 is 0 Å². The third kappa shape index (κ3) is 3.12. The van der Waals surface area contributed by atoms with Gasteiger partial charge in [-0.3, -0.25) is 5.10 Å². The first-order valence-corrected chi connectivity index (χ1v) is 9.51. The number of nitrogens with one attached hydrogen (secondary N) is 3. The standard InChI is InChI=1S/C20H18ClFN6/c21-17-8-18-16(7-19(17)25-14-5-6-23-10-14)20(27-26-18)12-9-24-28(11-12)15-3-1-13(22)2-4-15/h1-4,7-9,11,14,23,25H,5-6,10H2,(H,26,27)/t14-/m1/s1. The molecule has 2 aromatic carbocycles. The lowest BCUT2D eigenvalue weighted by Gasteiger charge is -2.14. The fourth-order valence-corrected chi connectivity index (χ4v) is 3.76. The normalized spacial score (nSPS) is 16.7. The van der Waals surface area contributed by atoms with E-state index in [4.69, 9.17) is 11.6 Å². The maximum absolute atomic E-state index is 13.2. The smallest absolute Gasteiger partial charge is 0.123 e. The van der Waals surface area contributed by atoms with E-state index in [0.717, 1.165) is 53.0 Å². The Balaban J connectivity index is 1.51. The highest BCUT2D eigenvalue weighted by molar-refractivity contribution is 6.34. The Kier molecular flexibility index (Phi) is 4.26. The fourth-order valence-electron chi connectivity index (χ4n) is 3.55. The van der Waals surface area contributed by atoms with Gasteiger partial charge in [0.05, 0.1) is 28.1 Å². The van der Waals surface area contributed by atoms with Gasteiger partial charge in [0, 0.05) is 29.7 Å². The second kappa shape index (κ2) is 6.92. The van der Waals surface area contributed by atoms with Gasteiger partial charge in [-0.05, 0) is 49.4 Å². The van der Waals surface area contributed by atoms with Gasteiger partial charge in [0.25, 0.3) is 0 Å². The number of hydrogen-bond acceptors (Lipinski definition) is 4. The first kappa shape index (κ1) is 17.2. The number of benzene rings is 2. The summed E-state index contributed by atoms with van der Waals surface area (Å²) >= 11 is 6.46. The highest BCUT2D eigenvalue weighted by Crippen LogP contribution is 2.33. The first-order chi connectivity index (χ1) is 13.7. The number of rotatable bonds is 4. The van der Waals surface area contributed by atoms with Crippen molar-refractivity contribution >= 4 is 28.2 Å². The molecule has 1 aliphatic rings. The van der Waals surface area contributed by atoms with E-state index in [1.807, 2.05) is 18.3 Å². The first-order valence-electron chi connectivity index (χ1n) is 9.13. The van der Waals surface area contributed by atoms with Gasteiger partial charge < -0.3 is 10.6 Å². The zero-order valence-electron chi connectivity index (χ0n) is 14.9. The van der Waals surface area contributed by atoms with Gasteiger partial charge in [0.15, 0.2) is 0 Å². The minimum Gasteiger partial charge on any atom is -0.380 e. The molecule has 2 aromatic heterocycles. The number of aromatic nitrogens is 4. The van der Waals surface area contributed by atoms with Gasteiger partial charge in [0.1, 0.15) is 11.5 Å². The highest BCUT2D eigenvalue weighted by atomic mass is 35.5. The summed E-state index contributed by atoms with van der Waals surface area (Å²) in [6.45, 7) is 1.94. The molecule has 1 atom stereocenters. The molecule has 0 aliphatic carbocycles. The topological polar surface area (TPSA) is 70.6 Å². The molecule has 0 radical (unpaired) electrons. The molecule has 5 rings (SSSR count). The zero-order chi connectivity index (χ0) is 19.1. The maximum Gasteiger partial charge on any atom is 0.123 e. The molecule has 0 saturated carbocycles. The van der Waals surface area contributed by atoms with Crippen LogP contribution in [0.25, 0.3) is 27.8 Å². The molecule has 142 valence electrons. The van der Waals surface area contributed by atoms with Crippen molar-refractivity contribution in [3.63, 3.8) is 0 Å². The zero-order valence-corrected chi connectivity index (χ0v) is 15.7. The van der Waals surface area contributed by atoms with Crippen molar-refractivity contribution in [3.05, 3.63) is 59.6 Å². The molecule has 3 heterocycles. The predicted octanol–water partition coefficient (Wildman–Crippen LogP) is 3.98. The van der Waals surface area contributed by atoms with Crippen LogP contribution in [0.4, 0.5) is 10.1 Å². The molecule has 1 fully saturated rings. The van der Waals surface area contributed by atoms with Crippen LogP contribution < -0.4 is 10.6 Å². The third-order valence-corrected chi connectivity index (χ3v) is 5.33. The van der Waals surface area contributed by atoms with Gasteiger partial charge in [-0.25, -0.2) is 9.07 Å². The summed E-state index contributed by atoms with van der Waals surface area (Å²) in [5.74, 6) is -0.274. The molecule has 4 aromatic rings. The van der Waals surface area contributed by atoms with E-state index in [-0.39, 0.29) is 5.82 Å². The molecule has 3 N–H and O–H groups in total. The molecule has 1 saturated heterocycles. The molecular formula is C20H18ClFN6. The van der Waals surface area contributed by atoms with Crippen LogP contribution in [-0.2, 0) is 0 Å². The summed E-state index contributed by atoms with van der Waals surface area (Å²) in [7, 11) is 0. The van der Waals surface area contributed by atoms with Crippen molar-refractivity contribution in [1.29, 1.82) is 0 Å². The van der Waals surface area contributed by atoms with Crippen molar-refractivity contribution < 1.29 is 4.39 Å². The van der Waals surface area contributed by atoms with Crippen LogP contribution in [-0.4, -0.2) is 39.1 Å². The Morgan fingerprint density at radius 1 is 1.21 bits per heavy atom. The summed E-state index contributed by atoms with van der Waals surface area (Å²) in [4.78, 5) is 0.